The fourth-order valence-electron chi connectivity index (χ4n) is 2.77. The Kier molecular flexibility index (Phi) is 6.59. The summed E-state index contributed by atoms with van der Waals surface area (Å²) in [4.78, 5) is 7.02. The van der Waals surface area contributed by atoms with Crippen molar-refractivity contribution in [2.75, 3.05) is 33.4 Å². The van der Waals surface area contributed by atoms with E-state index in [1.807, 2.05) is 6.92 Å². The molecule has 0 bridgehead atoms. The minimum absolute atomic E-state index is 0.115. The zero-order valence-electron chi connectivity index (χ0n) is 14.2. The van der Waals surface area contributed by atoms with E-state index in [1.165, 1.54) is 12.1 Å². The first-order valence-corrected chi connectivity index (χ1v) is 9.62. The second-order valence-electron chi connectivity index (χ2n) is 5.92. The van der Waals surface area contributed by atoms with E-state index in [0.717, 1.165) is 44.2 Å². The van der Waals surface area contributed by atoms with Gasteiger partial charge in [-0.15, -0.1) is 0 Å². The summed E-state index contributed by atoms with van der Waals surface area (Å²) in [6, 6.07) is 6.50. The van der Waals surface area contributed by atoms with Crippen LogP contribution < -0.4 is 10.5 Å². The molecule has 1 heterocycles. The number of nitrogens with zero attached hydrogens (tertiary/aromatic N) is 2. The van der Waals surface area contributed by atoms with Crippen molar-refractivity contribution >= 4 is 16.0 Å². The minimum Gasteiger partial charge on any atom is -0.384 e. The van der Waals surface area contributed by atoms with E-state index < -0.39 is 10.0 Å². The van der Waals surface area contributed by atoms with Gasteiger partial charge in [0.2, 0.25) is 10.0 Å². The lowest BCUT2D eigenvalue weighted by Gasteiger charge is -2.21. The van der Waals surface area contributed by atoms with E-state index in [-0.39, 0.29) is 4.90 Å². The van der Waals surface area contributed by atoms with E-state index in [9.17, 15) is 8.42 Å². The van der Waals surface area contributed by atoms with Crippen LogP contribution in [0.5, 0.6) is 0 Å². The largest absolute Gasteiger partial charge is 0.384 e. The number of primary sulfonamides is 1. The Balaban J connectivity index is 2.03. The molecule has 0 aromatic heterocycles. The number of sulfonamides is 1. The van der Waals surface area contributed by atoms with Crippen molar-refractivity contribution in [2.24, 2.45) is 16.0 Å². The number of likely N-dealkylation sites (tertiary alicyclic amines) is 1. The Bertz CT molecular complexity index is 658. The molecule has 1 saturated heterocycles. The summed E-state index contributed by atoms with van der Waals surface area (Å²) in [6.07, 6.45) is 1.10. The summed E-state index contributed by atoms with van der Waals surface area (Å²) < 4.78 is 27.8. The maximum atomic E-state index is 11.3. The quantitative estimate of drug-likeness (QED) is 0.581. The molecule has 1 aromatic rings. The maximum Gasteiger partial charge on any atom is 0.238 e. The van der Waals surface area contributed by atoms with Gasteiger partial charge in [-0.2, -0.15) is 0 Å². The van der Waals surface area contributed by atoms with Crippen molar-refractivity contribution in [1.29, 1.82) is 0 Å². The normalized spacial score (nSPS) is 18.9. The van der Waals surface area contributed by atoms with Crippen LogP contribution in [-0.4, -0.2) is 52.6 Å². The molecular weight excluding hydrogens is 328 g/mol. The Morgan fingerprint density at radius 3 is 2.71 bits per heavy atom. The van der Waals surface area contributed by atoms with Gasteiger partial charge in [-0.25, -0.2) is 18.5 Å². The zero-order chi connectivity index (χ0) is 17.6. The molecule has 0 saturated carbocycles. The fraction of sp³-hybridized carbons (Fsp3) is 0.562. The Labute approximate surface area is 143 Å². The highest BCUT2D eigenvalue weighted by molar-refractivity contribution is 7.89. The van der Waals surface area contributed by atoms with E-state index in [1.54, 1.807) is 19.2 Å². The molecule has 1 aliphatic rings. The first kappa shape index (κ1) is 18.7. The van der Waals surface area contributed by atoms with Crippen LogP contribution >= 0.6 is 0 Å². The Morgan fingerprint density at radius 2 is 2.12 bits per heavy atom. The number of nitrogens with one attached hydrogen (secondary N) is 1. The highest BCUT2D eigenvalue weighted by Crippen LogP contribution is 2.17. The Morgan fingerprint density at radius 1 is 1.42 bits per heavy atom. The lowest BCUT2D eigenvalue weighted by atomic mass is 10.1. The molecular formula is C16H26N4O3S. The summed E-state index contributed by atoms with van der Waals surface area (Å²) in [7, 11) is -1.92. The van der Waals surface area contributed by atoms with Gasteiger partial charge in [0.15, 0.2) is 5.96 Å². The molecule has 1 aromatic carbocycles. The Hall–Kier alpha value is -1.64. The van der Waals surface area contributed by atoms with E-state index >= 15 is 0 Å². The highest BCUT2D eigenvalue weighted by atomic mass is 32.2. The van der Waals surface area contributed by atoms with Crippen molar-refractivity contribution in [3.05, 3.63) is 29.8 Å². The molecule has 24 heavy (non-hydrogen) atoms. The van der Waals surface area contributed by atoms with Gasteiger partial charge in [0, 0.05) is 32.7 Å². The maximum absolute atomic E-state index is 11.3. The number of methoxy groups -OCH3 is 1. The molecule has 1 atom stereocenters. The van der Waals surface area contributed by atoms with Crippen molar-refractivity contribution in [3.63, 3.8) is 0 Å². The van der Waals surface area contributed by atoms with E-state index in [4.69, 9.17) is 9.88 Å². The third-order valence-corrected chi connectivity index (χ3v) is 4.92. The van der Waals surface area contributed by atoms with Crippen LogP contribution in [-0.2, 0) is 21.3 Å². The monoisotopic (exact) mass is 354 g/mol. The van der Waals surface area contributed by atoms with Crippen molar-refractivity contribution < 1.29 is 13.2 Å². The molecule has 0 radical (unpaired) electrons. The van der Waals surface area contributed by atoms with Crippen molar-refractivity contribution in [3.8, 4) is 0 Å². The van der Waals surface area contributed by atoms with Gasteiger partial charge in [-0.3, -0.25) is 0 Å². The van der Waals surface area contributed by atoms with Crippen LogP contribution in [0.2, 0.25) is 0 Å². The number of benzene rings is 1. The van der Waals surface area contributed by atoms with Gasteiger partial charge in [0.05, 0.1) is 18.0 Å². The van der Waals surface area contributed by atoms with Crippen molar-refractivity contribution in [2.45, 2.75) is 24.8 Å². The van der Waals surface area contributed by atoms with Crippen LogP contribution in [0.4, 0.5) is 0 Å². The van der Waals surface area contributed by atoms with Gasteiger partial charge in [-0.1, -0.05) is 12.1 Å². The highest BCUT2D eigenvalue weighted by Gasteiger charge is 2.24. The van der Waals surface area contributed by atoms with Crippen LogP contribution in [0, 0.1) is 5.92 Å². The standard InChI is InChI=1S/C16H26N4O3S/c1-3-18-16(20-9-8-14(11-20)12-23-2)19-10-13-4-6-15(7-5-13)24(17,21)22/h4-7,14H,3,8-12H2,1-2H3,(H,18,19)(H2,17,21,22). The smallest absolute Gasteiger partial charge is 0.238 e. The van der Waals surface area contributed by atoms with E-state index in [2.05, 4.69) is 15.2 Å². The molecule has 2 rings (SSSR count). The second-order valence-corrected chi connectivity index (χ2v) is 7.48. The molecule has 3 N–H and O–H groups in total. The topological polar surface area (TPSA) is 97.0 Å². The summed E-state index contributed by atoms with van der Waals surface area (Å²) in [5.41, 5.74) is 0.936. The summed E-state index contributed by atoms with van der Waals surface area (Å²) >= 11 is 0. The molecule has 8 heteroatoms. The molecule has 0 amide bonds. The zero-order valence-corrected chi connectivity index (χ0v) is 15.1. The van der Waals surface area contributed by atoms with Crippen molar-refractivity contribution in [1.82, 2.24) is 10.2 Å². The fourth-order valence-corrected chi connectivity index (χ4v) is 3.29. The number of aliphatic imine (C=N–C) groups is 1. The van der Waals surface area contributed by atoms with Gasteiger partial charge in [0.1, 0.15) is 0 Å². The second kappa shape index (κ2) is 8.46. The molecule has 0 aliphatic carbocycles. The van der Waals surface area contributed by atoms with Gasteiger partial charge in [0.25, 0.3) is 0 Å². The van der Waals surface area contributed by atoms with E-state index in [0.29, 0.717) is 12.5 Å². The first-order chi connectivity index (χ1) is 11.4. The number of hydrogen-bond donors (Lipinski definition) is 2. The average Bonchev–Trinajstić information content (AvgIpc) is 3.00. The van der Waals surface area contributed by atoms with Crippen LogP contribution in [0.15, 0.2) is 34.2 Å². The number of rotatable bonds is 6. The predicted octanol–water partition coefficient (Wildman–Crippen LogP) is 0.768. The van der Waals surface area contributed by atoms with Crippen LogP contribution in [0.3, 0.4) is 0 Å². The summed E-state index contributed by atoms with van der Waals surface area (Å²) in [5, 5.41) is 8.42. The molecule has 1 unspecified atom stereocenters. The van der Waals surface area contributed by atoms with Crippen LogP contribution in [0.25, 0.3) is 0 Å². The van der Waals surface area contributed by atoms with Crippen LogP contribution in [0.1, 0.15) is 18.9 Å². The molecule has 134 valence electrons. The SMILES string of the molecule is CCNC(=NCc1ccc(S(N)(=O)=O)cc1)N1CCC(COC)C1. The number of hydrogen-bond acceptors (Lipinski definition) is 4. The molecule has 0 spiro atoms. The molecule has 1 fully saturated rings. The first-order valence-electron chi connectivity index (χ1n) is 8.08. The lowest BCUT2D eigenvalue weighted by Crippen LogP contribution is -2.40. The summed E-state index contributed by atoms with van der Waals surface area (Å²) in [6.45, 7) is 5.99. The average molecular weight is 354 g/mol. The minimum atomic E-state index is -3.65. The summed E-state index contributed by atoms with van der Waals surface area (Å²) in [5.74, 6) is 1.42. The number of ether oxygens (including phenoxy) is 1. The molecule has 7 nitrogen and oxygen atoms in total. The number of guanidine groups is 1. The van der Waals surface area contributed by atoms with Gasteiger partial charge in [-0.05, 0) is 31.0 Å². The molecule has 1 aliphatic heterocycles. The predicted molar refractivity (Wildman–Crippen MR) is 94.2 cm³/mol. The third kappa shape index (κ3) is 5.19. The third-order valence-electron chi connectivity index (χ3n) is 3.99. The number of nitrogens with two attached hydrogens (primary N) is 1. The van der Waals surface area contributed by atoms with Gasteiger partial charge < -0.3 is 15.0 Å². The lowest BCUT2D eigenvalue weighted by molar-refractivity contribution is 0.157. The van der Waals surface area contributed by atoms with Gasteiger partial charge >= 0.3 is 0 Å².